The van der Waals surface area contributed by atoms with E-state index in [4.69, 9.17) is 23.2 Å². The van der Waals surface area contributed by atoms with Crippen LogP contribution in [0.5, 0.6) is 11.5 Å². The summed E-state index contributed by atoms with van der Waals surface area (Å²) in [7, 11) is 0. The lowest BCUT2D eigenvalue weighted by Gasteiger charge is -2.13. The van der Waals surface area contributed by atoms with E-state index in [1.807, 2.05) is 0 Å². The summed E-state index contributed by atoms with van der Waals surface area (Å²) < 4.78 is 41.6. The summed E-state index contributed by atoms with van der Waals surface area (Å²) >= 11 is 12.5. The molecule has 0 bridgehead atoms. The number of anilines is 1. The fourth-order valence-corrected chi connectivity index (χ4v) is 3.65. The zero-order valence-corrected chi connectivity index (χ0v) is 18.0. The summed E-state index contributed by atoms with van der Waals surface area (Å²) in [6, 6.07) is 7.72. The molecule has 0 aliphatic heterocycles. The number of hydrogen-bond acceptors (Lipinski definition) is 6. The van der Waals surface area contributed by atoms with Crippen LogP contribution in [0.25, 0.3) is 0 Å². The van der Waals surface area contributed by atoms with Crippen LogP contribution in [0.2, 0.25) is 10.0 Å². The third-order valence-corrected chi connectivity index (χ3v) is 5.32. The minimum atomic E-state index is -4.88. The molecule has 3 rings (SSSR count). The molecule has 2 aromatic carbocycles. The largest absolute Gasteiger partial charge is 0.573 e. The van der Waals surface area contributed by atoms with Crippen molar-refractivity contribution in [1.29, 1.82) is 0 Å². The molecule has 0 saturated carbocycles. The van der Waals surface area contributed by atoms with Gasteiger partial charge in [-0.05, 0) is 18.2 Å². The van der Waals surface area contributed by atoms with Crippen molar-refractivity contribution in [2.45, 2.75) is 12.9 Å². The molecule has 2 amide bonds. The molecule has 0 aliphatic carbocycles. The Labute approximate surface area is 192 Å². The van der Waals surface area contributed by atoms with E-state index in [1.54, 1.807) is 0 Å². The summed E-state index contributed by atoms with van der Waals surface area (Å²) in [5.74, 6) is -2.27. The highest BCUT2D eigenvalue weighted by atomic mass is 35.5. The smallest absolute Gasteiger partial charge is 0.505 e. The fraction of sp³-hybridized carbons (Fsp3) is 0.105. The van der Waals surface area contributed by atoms with Crippen LogP contribution in [0.4, 0.5) is 19.0 Å². The molecule has 3 N–H and O–H groups in total. The van der Waals surface area contributed by atoms with Crippen LogP contribution < -0.4 is 15.4 Å². The highest BCUT2D eigenvalue weighted by Gasteiger charge is 2.32. The van der Waals surface area contributed by atoms with Gasteiger partial charge in [-0.1, -0.05) is 41.4 Å². The normalized spacial score (nSPS) is 11.2. The molecule has 0 spiro atoms. The van der Waals surface area contributed by atoms with Gasteiger partial charge in [0, 0.05) is 17.7 Å². The number of thiazole rings is 1. The lowest BCUT2D eigenvalue weighted by atomic mass is 10.2. The Kier molecular flexibility index (Phi) is 7.12. The lowest BCUT2D eigenvalue weighted by Crippen LogP contribution is -2.25. The van der Waals surface area contributed by atoms with E-state index in [0.29, 0.717) is 0 Å². The van der Waals surface area contributed by atoms with Gasteiger partial charge in [0.15, 0.2) is 11.6 Å². The number of nitrogens with zero attached hydrogens (tertiary/aromatic N) is 1. The van der Waals surface area contributed by atoms with Crippen molar-refractivity contribution in [3.05, 3.63) is 68.0 Å². The van der Waals surface area contributed by atoms with Crippen LogP contribution in [0.15, 0.2) is 41.9 Å². The number of halogens is 5. The molecule has 7 nitrogen and oxygen atoms in total. The zero-order chi connectivity index (χ0) is 23.5. The van der Waals surface area contributed by atoms with Gasteiger partial charge in [0.2, 0.25) is 0 Å². The van der Waals surface area contributed by atoms with Crippen LogP contribution >= 0.6 is 34.5 Å². The molecule has 1 aromatic heterocycles. The first-order valence-corrected chi connectivity index (χ1v) is 10.2. The number of benzene rings is 2. The van der Waals surface area contributed by atoms with E-state index >= 15 is 0 Å². The van der Waals surface area contributed by atoms with Crippen LogP contribution in [0.1, 0.15) is 25.6 Å². The fourth-order valence-electron chi connectivity index (χ4n) is 2.50. The number of aromatic nitrogens is 1. The predicted octanol–water partition coefficient (Wildman–Crippen LogP) is 5.24. The summed E-state index contributed by atoms with van der Waals surface area (Å²) in [5, 5.41) is 14.2. The number of carbonyl (C=O) groups is 2. The van der Waals surface area contributed by atoms with Gasteiger partial charge in [-0.3, -0.25) is 9.59 Å². The number of rotatable bonds is 6. The van der Waals surface area contributed by atoms with Gasteiger partial charge in [-0.15, -0.1) is 24.5 Å². The Balaban J connectivity index is 1.71. The summed E-state index contributed by atoms with van der Waals surface area (Å²) in [4.78, 5) is 28.9. The van der Waals surface area contributed by atoms with Crippen LogP contribution in [-0.2, 0) is 6.54 Å². The molecule has 0 radical (unpaired) electrons. The van der Waals surface area contributed by atoms with E-state index in [0.717, 1.165) is 17.4 Å². The van der Waals surface area contributed by atoms with Gasteiger partial charge in [0.1, 0.15) is 10.6 Å². The monoisotopic (exact) mass is 505 g/mol. The maximum atomic E-state index is 12.5. The van der Waals surface area contributed by atoms with E-state index in [2.05, 4.69) is 20.4 Å². The van der Waals surface area contributed by atoms with Gasteiger partial charge in [-0.2, -0.15) is 0 Å². The van der Waals surface area contributed by atoms with E-state index in [-0.39, 0.29) is 44.2 Å². The zero-order valence-electron chi connectivity index (χ0n) is 15.7. The maximum Gasteiger partial charge on any atom is 0.573 e. The van der Waals surface area contributed by atoms with Crippen LogP contribution in [-0.4, -0.2) is 28.3 Å². The van der Waals surface area contributed by atoms with Crippen LogP contribution in [0, 0.1) is 0 Å². The van der Waals surface area contributed by atoms with E-state index < -0.39 is 23.9 Å². The van der Waals surface area contributed by atoms with Crippen molar-refractivity contribution in [3.63, 3.8) is 0 Å². The molecule has 0 aliphatic rings. The highest BCUT2D eigenvalue weighted by molar-refractivity contribution is 7.12. The van der Waals surface area contributed by atoms with Crippen LogP contribution in [0.3, 0.4) is 0 Å². The summed E-state index contributed by atoms with van der Waals surface area (Å²) in [6.07, 6.45) is -4.88. The summed E-state index contributed by atoms with van der Waals surface area (Å²) in [5.41, 5.74) is 1.42. The molecule has 0 fully saturated rings. The molecule has 0 saturated heterocycles. The van der Waals surface area contributed by atoms with Gasteiger partial charge in [0.05, 0.1) is 15.6 Å². The average Bonchev–Trinajstić information content (AvgIpc) is 3.17. The number of aromatic hydroxyl groups is 1. The number of ether oxygens (including phenoxy) is 1. The second kappa shape index (κ2) is 9.63. The van der Waals surface area contributed by atoms with Gasteiger partial charge in [-0.25, -0.2) is 4.98 Å². The number of para-hydroxylation sites is 1. The molecule has 13 heteroatoms. The second-order valence-electron chi connectivity index (χ2n) is 6.11. The minimum absolute atomic E-state index is 0.00962. The quantitative estimate of drug-likeness (QED) is 0.425. The standard InChI is InChI=1S/C19H12Cl2F3N3O4S/c20-11-5-10(6-12(21)14(11)28)17(29)27-16-15(32-8-26-16)18(30)25-7-9-3-1-2-4-13(9)31-19(22,23)24/h1-6,8,28H,7H2,(H,25,30)(H,27,29). The predicted molar refractivity (Wildman–Crippen MR) is 112 cm³/mol. The molecular formula is C19H12Cl2F3N3O4S. The number of nitrogens with one attached hydrogen (secondary N) is 2. The average molecular weight is 506 g/mol. The van der Waals surface area contributed by atoms with Gasteiger partial charge >= 0.3 is 6.36 Å². The van der Waals surface area contributed by atoms with Gasteiger partial charge < -0.3 is 20.5 Å². The Bertz CT molecular complexity index is 1150. The first-order valence-electron chi connectivity index (χ1n) is 8.60. The molecule has 168 valence electrons. The molecule has 0 atom stereocenters. The minimum Gasteiger partial charge on any atom is -0.505 e. The lowest BCUT2D eigenvalue weighted by molar-refractivity contribution is -0.274. The molecular weight excluding hydrogens is 494 g/mol. The van der Waals surface area contributed by atoms with Crippen molar-refractivity contribution in [2.24, 2.45) is 0 Å². The van der Waals surface area contributed by atoms with E-state index in [1.165, 1.54) is 35.8 Å². The number of carbonyl (C=O) groups excluding carboxylic acids is 2. The Morgan fingerprint density at radius 3 is 2.44 bits per heavy atom. The van der Waals surface area contributed by atoms with Gasteiger partial charge in [0.25, 0.3) is 11.8 Å². The number of amides is 2. The van der Waals surface area contributed by atoms with E-state index in [9.17, 15) is 27.9 Å². The number of phenols is 1. The Morgan fingerprint density at radius 1 is 1.12 bits per heavy atom. The van der Waals surface area contributed by atoms with Crippen molar-refractivity contribution in [1.82, 2.24) is 10.3 Å². The number of alkyl halides is 3. The van der Waals surface area contributed by atoms with Crippen molar-refractivity contribution in [2.75, 3.05) is 5.32 Å². The molecule has 1 heterocycles. The number of hydrogen-bond donors (Lipinski definition) is 3. The first-order chi connectivity index (χ1) is 15.0. The highest BCUT2D eigenvalue weighted by Crippen LogP contribution is 2.33. The molecule has 32 heavy (non-hydrogen) atoms. The van der Waals surface area contributed by atoms with Crippen molar-refractivity contribution in [3.8, 4) is 11.5 Å². The maximum absolute atomic E-state index is 12.5. The Morgan fingerprint density at radius 2 is 1.78 bits per heavy atom. The SMILES string of the molecule is O=C(Nc1ncsc1C(=O)NCc1ccccc1OC(F)(F)F)c1cc(Cl)c(O)c(Cl)c1. The third kappa shape index (κ3) is 5.81. The van der Waals surface area contributed by atoms with Crippen molar-refractivity contribution >= 4 is 52.2 Å². The topological polar surface area (TPSA) is 101 Å². The second-order valence-corrected chi connectivity index (χ2v) is 7.78. The van der Waals surface area contributed by atoms with Crippen molar-refractivity contribution < 1.29 is 32.6 Å². The Hall–Kier alpha value is -3.02. The number of phenolic OH excluding ortho intramolecular Hbond substituents is 1. The molecule has 3 aromatic rings. The summed E-state index contributed by atoms with van der Waals surface area (Å²) in [6.45, 7) is -0.264. The first kappa shape index (κ1) is 23.6. The molecule has 0 unspecified atom stereocenters. The third-order valence-electron chi connectivity index (χ3n) is 3.92.